The molecule has 0 aromatic heterocycles. The minimum Gasteiger partial charge on any atom is -0.462 e. The van der Waals surface area contributed by atoms with Crippen LogP contribution < -0.4 is 0 Å². The molecule has 0 fully saturated rings. The van der Waals surface area contributed by atoms with Crippen LogP contribution >= 0.6 is 0 Å². The first kappa shape index (κ1) is 59.5. The highest BCUT2D eigenvalue weighted by Crippen LogP contribution is 2.12. The average molecular weight is 889 g/mol. The number of carbonyl (C=O) groups is 3. The molecule has 0 amide bonds. The van der Waals surface area contributed by atoms with Gasteiger partial charge < -0.3 is 14.2 Å². The molecular weight excluding hydrogens is 805 g/mol. The summed E-state index contributed by atoms with van der Waals surface area (Å²) in [4.78, 5) is 37.9. The zero-order valence-corrected chi connectivity index (χ0v) is 40.4. The number of unbranched alkanes of at least 4 members (excludes halogenated alkanes) is 11. The van der Waals surface area contributed by atoms with E-state index in [1.165, 1.54) is 19.3 Å². The van der Waals surface area contributed by atoms with Crippen LogP contribution in [0.25, 0.3) is 0 Å². The third-order valence-corrected chi connectivity index (χ3v) is 9.27. The van der Waals surface area contributed by atoms with E-state index in [9.17, 15) is 14.4 Å². The number of hydrogen-bond acceptors (Lipinski definition) is 6. The lowest BCUT2D eigenvalue weighted by molar-refractivity contribution is -0.167. The van der Waals surface area contributed by atoms with Crippen molar-refractivity contribution in [2.75, 3.05) is 13.2 Å². The predicted octanol–water partition coefficient (Wildman–Crippen LogP) is 16.2. The fourth-order valence-corrected chi connectivity index (χ4v) is 5.69. The van der Waals surface area contributed by atoms with Gasteiger partial charge in [-0.3, -0.25) is 14.4 Å². The molecule has 0 heterocycles. The number of ether oxygens (including phenoxy) is 3. The topological polar surface area (TPSA) is 78.9 Å². The molecule has 0 aromatic carbocycles. The smallest absolute Gasteiger partial charge is 0.306 e. The van der Waals surface area contributed by atoms with Gasteiger partial charge in [0.1, 0.15) is 13.2 Å². The molecule has 6 nitrogen and oxygen atoms in total. The molecule has 0 bridgehead atoms. The van der Waals surface area contributed by atoms with Crippen molar-refractivity contribution in [3.63, 3.8) is 0 Å². The Morgan fingerprint density at radius 1 is 0.308 bits per heavy atom. The Labute approximate surface area is 395 Å². The van der Waals surface area contributed by atoms with E-state index < -0.39 is 6.10 Å². The standard InChI is InChI=1S/C59H84O6/c1-4-7-10-13-16-19-22-25-27-28-29-30-32-34-37-40-43-46-49-52-58(61)64-55-56(54-63-57(60)51-48-45-42-39-36-33-24-21-18-15-12-9-6-3)65-59(62)53-50-47-44-41-38-35-31-26-23-20-17-14-11-8-5-2/h7-25,27-30,32-34,36-37,39,42,56H,4-6,26,31,35,38,40-41,43-55H2,1-3H3/b10-7-,11-8-,12-9-,16-13-,17-14-,18-15-,22-19-,23-20-,24-21-,27-25-,29-28+,32-30-,36-33-,37-34-,42-39-. The molecule has 0 N–H and O–H groups in total. The molecule has 0 spiro atoms. The monoisotopic (exact) mass is 889 g/mol. The van der Waals surface area contributed by atoms with Crippen molar-refractivity contribution in [1.29, 1.82) is 0 Å². The normalized spacial score (nSPS) is 13.7. The lowest BCUT2D eigenvalue weighted by atomic mass is 10.1. The Morgan fingerprint density at radius 3 is 0.938 bits per heavy atom. The summed E-state index contributed by atoms with van der Waals surface area (Å²) in [6.45, 7) is 6.06. The summed E-state index contributed by atoms with van der Waals surface area (Å²) in [5.74, 6) is -1.09. The average Bonchev–Trinajstić information content (AvgIpc) is 3.30. The first-order chi connectivity index (χ1) is 32.0. The molecule has 6 heteroatoms. The summed E-state index contributed by atoms with van der Waals surface area (Å²) in [6.07, 6.45) is 77.3. The second kappa shape index (κ2) is 51.1. The van der Waals surface area contributed by atoms with Gasteiger partial charge >= 0.3 is 17.9 Å². The van der Waals surface area contributed by atoms with Crippen molar-refractivity contribution in [2.24, 2.45) is 0 Å². The molecule has 0 rings (SSSR count). The Morgan fingerprint density at radius 2 is 0.569 bits per heavy atom. The van der Waals surface area contributed by atoms with Gasteiger partial charge in [-0.05, 0) is 70.6 Å². The van der Waals surface area contributed by atoms with E-state index in [4.69, 9.17) is 14.2 Å². The molecule has 0 aliphatic carbocycles. The van der Waals surface area contributed by atoms with Crippen LogP contribution in [0.15, 0.2) is 182 Å². The fourth-order valence-electron chi connectivity index (χ4n) is 5.69. The second-order valence-electron chi connectivity index (χ2n) is 15.2. The highest BCUT2D eigenvalue weighted by molar-refractivity contribution is 5.71. The molecule has 1 unspecified atom stereocenters. The first-order valence-corrected chi connectivity index (χ1v) is 24.5. The molecule has 0 radical (unpaired) electrons. The van der Waals surface area contributed by atoms with Gasteiger partial charge in [0.25, 0.3) is 0 Å². The maximum Gasteiger partial charge on any atom is 0.306 e. The van der Waals surface area contributed by atoms with E-state index in [0.717, 1.165) is 77.0 Å². The second-order valence-corrected chi connectivity index (χ2v) is 15.2. The Bertz CT molecular complexity index is 1630. The highest BCUT2D eigenvalue weighted by atomic mass is 16.6. The van der Waals surface area contributed by atoms with Crippen LogP contribution in [0.5, 0.6) is 0 Å². The zero-order valence-electron chi connectivity index (χ0n) is 40.4. The lowest BCUT2D eigenvalue weighted by Crippen LogP contribution is -2.30. The lowest BCUT2D eigenvalue weighted by Gasteiger charge is -2.18. The number of allylic oxidation sites excluding steroid dienone is 30. The summed E-state index contributed by atoms with van der Waals surface area (Å²) < 4.78 is 16.6. The van der Waals surface area contributed by atoms with E-state index in [1.54, 1.807) is 0 Å². The van der Waals surface area contributed by atoms with Crippen molar-refractivity contribution in [3.05, 3.63) is 182 Å². The van der Waals surface area contributed by atoms with Gasteiger partial charge in [0.15, 0.2) is 6.10 Å². The molecule has 0 aromatic rings. The van der Waals surface area contributed by atoms with Crippen molar-refractivity contribution >= 4 is 17.9 Å². The SMILES string of the molecule is CC\C=C/C=C\C=C/C=C\C=C/CCCC(=O)OCC(COC(=O)CCCCC\C=C/C=C\C=C\C=C/C=C\C=C/C=C\CC)OC(=O)CCCCCCCCC\C=C/C=C\C=C/CC. The molecule has 0 saturated heterocycles. The summed E-state index contributed by atoms with van der Waals surface area (Å²) in [5, 5.41) is 0. The minimum absolute atomic E-state index is 0.141. The highest BCUT2D eigenvalue weighted by Gasteiger charge is 2.19. The maximum atomic E-state index is 12.8. The van der Waals surface area contributed by atoms with E-state index in [-0.39, 0.29) is 50.4 Å². The van der Waals surface area contributed by atoms with E-state index >= 15 is 0 Å². The van der Waals surface area contributed by atoms with E-state index in [0.29, 0.717) is 12.8 Å². The number of hydrogen-bond donors (Lipinski definition) is 0. The van der Waals surface area contributed by atoms with Gasteiger partial charge in [0.05, 0.1) is 0 Å². The van der Waals surface area contributed by atoms with Crippen LogP contribution in [0, 0.1) is 0 Å². The van der Waals surface area contributed by atoms with Crippen LogP contribution in [0.2, 0.25) is 0 Å². The molecule has 356 valence electrons. The third kappa shape index (κ3) is 49.4. The van der Waals surface area contributed by atoms with Crippen LogP contribution in [0.1, 0.15) is 149 Å². The van der Waals surface area contributed by atoms with Crippen LogP contribution in [0.3, 0.4) is 0 Å². The van der Waals surface area contributed by atoms with E-state index in [2.05, 4.69) is 75.5 Å². The first-order valence-electron chi connectivity index (χ1n) is 24.5. The van der Waals surface area contributed by atoms with Gasteiger partial charge in [0.2, 0.25) is 0 Å². The third-order valence-electron chi connectivity index (χ3n) is 9.27. The quantitative estimate of drug-likeness (QED) is 0.0264. The van der Waals surface area contributed by atoms with E-state index in [1.807, 2.05) is 128 Å². The fraction of sp³-hybridized carbons (Fsp3) is 0.441. The maximum absolute atomic E-state index is 12.8. The van der Waals surface area contributed by atoms with Crippen LogP contribution in [0.4, 0.5) is 0 Å². The molecular formula is C59H84O6. The molecule has 65 heavy (non-hydrogen) atoms. The van der Waals surface area contributed by atoms with Crippen molar-refractivity contribution < 1.29 is 28.6 Å². The summed E-state index contributed by atoms with van der Waals surface area (Å²) in [7, 11) is 0. The summed E-state index contributed by atoms with van der Waals surface area (Å²) in [5.41, 5.74) is 0. The van der Waals surface area contributed by atoms with Crippen molar-refractivity contribution in [1.82, 2.24) is 0 Å². The van der Waals surface area contributed by atoms with Crippen LogP contribution in [-0.4, -0.2) is 37.2 Å². The van der Waals surface area contributed by atoms with Gasteiger partial charge in [-0.1, -0.05) is 242 Å². The molecule has 0 aliphatic heterocycles. The Balaban J connectivity index is 4.65. The Hall–Kier alpha value is -5.49. The van der Waals surface area contributed by atoms with Crippen molar-refractivity contribution in [3.8, 4) is 0 Å². The predicted molar refractivity (Wildman–Crippen MR) is 278 cm³/mol. The van der Waals surface area contributed by atoms with Crippen molar-refractivity contribution in [2.45, 2.75) is 155 Å². The summed E-state index contributed by atoms with van der Waals surface area (Å²) in [6, 6.07) is 0. The zero-order chi connectivity index (χ0) is 47.2. The minimum atomic E-state index is -0.843. The number of carbonyl (C=O) groups excluding carboxylic acids is 3. The molecule has 1 atom stereocenters. The van der Waals surface area contributed by atoms with Crippen LogP contribution in [-0.2, 0) is 28.6 Å². The molecule has 0 saturated carbocycles. The largest absolute Gasteiger partial charge is 0.462 e. The number of rotatable bonds is 40. The number of esters is 3. The van der Waals surface area contributed by atoms with Gasteiger partial charge in [-0.2, -0.15) is 0 Å². The summed E-state index contributed by atoms with van der Waals surface area (Å²) >= 11 is 0. The van der Waals surface area contributed by atoms with Gasteiger partial charge in [-0.25, -0.2) is 0 Å². The Kier molecular flexibility index (Phi) is 46.8. The van der Waals surface area contributed by atoms with Gasteiger partial charge in [0, 0.05) is 19.3 Å². The van der Waals surface area contributed by atoms with Gasteiger partial charge in [-0.15, -0.1) is 0 Å². The molecule has 0 aliphatic rings.